The van der Waals surface area contributed by atoms with Crippen molar-refractivity contribution in [2.24, 2.45) is 17.6 Å². The van der Waals surface area contributed by atoms with E-state index in [-0.39, 0.29) is 30.0 Å². The van der Waals surface area contributed by atoms with Crippen LogP contribution in [0.3, 0.4) is 0 Å². The zero-order valence-electron chi connectivity index (χ0n) is 18.7. The van der Waals surface area contributed by atoms with E-state index in [0.717, 1.165) is 32.1 Å². The van der Waals surface area contributed by atoms with Crippen molar-refractivity contribution < 1.29 is 38.5 Å². The first-order valence-electron chi connectivity index (χ1n) is 10.8. The number of esters is 3. The minimum Gasteiger partial charge on any atom is -0.480 e. The van der Waals surface area contributed by atoms with Gasteiger partial charge < -0.3 is 25.1 Å². The summed E-state index contributed by atoms with van der Waals surface area (Å²) in [6.07, 6.45) is 4.71. The molecule has 0 spiro atoms. The van der Waals surface area contributed by atoms with Crippen molar-refractivity contribution in [2.45, 2.75) is 64.8 Å². The fourth-order valence-corrected chi connectivity index (χ4v) is 4.02. The van der Waals surface area contributed by atoms with E-state index in [1.807, 2.05) is 0 Å². The lowest BCUT2D eigenvalue weighted by Gasteiger charge is -2.29. The summed E-state index contributed by atoms with van der Waals surface area (Å²) in [6, 6.07) is 3.09. The van der Waals surface area contributed by atoms with Crippen LogP contribution in [0.25, 0.3) is 0 Å². The Labute approximate surface area is 187 Å². The summed E-state index contributed by atoms with van der Waals surface area (Å²) in [5, 5.41) is 9.54. The van der Waals surface area contributed by atoms with Crippen LogP contribution in [0.15, 0.2) is 18.2 Å². The van der Waals surface area contributed by atoms with E-state index in [0.29, 0.717) is 5.56 Å². The molecule has 0 saturated heterocycles. The van der Waals surface area contributed by atoms with Gasteiger partial charge in [-0.15, -0.1) is 0 Å². The Bertz CT molecular complexity index is 846. The van der Waals surface area contributed by atoms with Crippen LogP contribution in [-0.2, 0) is 23.9 Å². The summed E-state index contributed by atoms with van der Waals surface area (Å²) in [6.45, 7) is 4.14. The molecule has 1 aliphatic rings. The van der Waals surface area contributed by atoms with Crippen molar-refractivity contribution in [3.05, 3.63) is 23.8 Å². The topological polar surface area (TPSA) is 142 Å². The van der Waals surface area contributed by atoms with Gasteiger partial charge in [-0.05, 0) is 36.5 Å². The third-order valence-electron chi connectivity index (χ3n) is 5.57. The van der Waals surface area contributed by atoms with Gasteiger partial charge in [0.1, 0.15) is 6.04 Å². The van der Waals surface area contributed by atoms with Crippen LogP contribution in [0, 0.1) is 11.8 Å². The molecule has 0 radical (unpaired) electrons. The molecule has 1 saturated carbocycles. The van der Waals surface area contributed by atoms with Crippen molar-refractivity contribution in [2.75, 3.05) is 6.61 Å². The maximum Gasteiger partial charge on any atom is 0.321 e. The van der Waals surface area contributed by atoms with E-state index < -0.39 is 35.8 Å². The first kappa shape index (κ1) is 25.3. The number of carboxylic acid groups (broad SMARTS) is 1. The number of hydrogen-bond acceptors (Lipinski definition) is 8. The van der Waals surface area contributed by atoms with Crippen LogP contribution >= 0.6 is 0 Å². The highest BCUT2D eigenvalue weighted by molar-refractivity contribution is 5.76. The van der Waals surface area contributed by atoms with Crippen molar-refractivity contribution in [3.63, 3.8) is 0 Å². The van der Waals surface area contributed by atoms with Gasteiger partial charge in [0.2, 0.25) is 0 Å². The number of rotatable bonds is 9. The van der Waals surface area contributed by atoms with Crippen LogP contribution < -0.4 is 15.2 Å². The average molecular weight is 450 g/mol. The molecule has 1 fully saturated rings. The van der Waals surface area contributed by atoms with Gasteiger partial charge in [0.15, 0.2) is 11.5 Å². The summed E-state index contributed by atoms with van der Waals surface area (Å²) in [7, 11) is 0. The lowest BCUT2D eigenvalue weighted by molar-refractivity contribution is -0.151. The van der Waals surface area contributed by atoms with Crippen molar-refractivity contribution in [1.29, 1.82) is 0 Å². The van der Waals surface area contributed by atoms with Crippen LogP contribution in [0.1, 0.15) is 64.4 Å². The SMILES string of the molecule is CC(=O)Oc1ccc(C(C(C)COC(=O)C2CCCCC2)[C@H](N)C(=O)O)cc1OC(C)=O. The molecule has 0 heterocycles. The van der Waals surface area contributed by atoms with Gasteiger partial charge in [-0.2, -0.15) is 0 Å². The normalized spacial score (nSPS) is 17.0. The first-order valence-corrected chi connectivity index (χ1v) is 10.8. The molecule has 3 N–H and O–H groups in total. The highest BCUT2D eigenvalue weighted by Gasteiger charge is 2.33. The van der Waals surface area contributed by atoms with E-state index in [2.05, 4.69) is 0 Å². The molecule has 0 aliphatic heterocycles. The monoisotopic (exact) mass is 449 g/mol. The number of benzene rings is 1. The highest BCUT2D eigenvalue weighted by Crippen LogP contribution is 2.36. The molecule has 2 rings (SSSR count). The molecule has 9 heteroatoms. The second-order valence-corrected chi connectivity index (χ2v) is 8.23. The fraction of sp³-hybridized carbons (Fsp3) is 0.565. The van der Waals surface area contributed by atoms with Gasteiger partial charge in [-0.3, -0.25) is 19.2 Å². The Morgan fingerprint density at radius 1 is 1.03 bits per heavy atom. The molecule has 176 valence electrons. The van der Waals surface area contributed by atoms with E-state index >= 15 is 0 Å². The zero-order valence-corrected chi connectivity index (χ0v) is 18.7. The predicted octanol–water partition coefficient (Wildman–Crippen LogP) is 2.79. The van der Waals surface area contributed by atoms with Gasteiger partial charge >= 0.3 is 23.9 Å². The Hall–Kier alpha value is -2.94. The fourth-order valence-electron chi connectivity index (χ4n) is 4.02. The van der Waals surface area contributed by atoms with Crippen molar-refractivity contribution in [1.82, 2.24) is 0 Å². The Kier molecular flexibility index (Phi) is 9.19. The van der Waals surface area contributed by atoms with Gasteiger partial charge in [0.25, 0.3) is 0 Å². The molecular weight excluding hydrogens is 418 g/mol. The van der Waals surface area contributed by atoms with Crippen LogP contribution in [0.5, 0.6) is 11.5 Å². The number of carboxylic acids is 1. The summed E-state index contributed by atoms with van der Waals surface area (Å²) >= 11 is 0. The van der Waals surface area contributed by atoms with Crippen molar-refractivity contribution in [3.8, 4) is 11.5 Å². The van der Waals surface area contributed by atoms with E-state index in [9.17, 15) is 24.3 Å². The summed E-state index contributed by atoms with van der Waals surface area (Å²) < 4.78 is 15.7. The summed E-state index contributed by atoms with van der Waals surface area (Å²) in [5.41, 5.74) is 6.43. The lowest BCUT2D eigenvalue weighted by atomic mass is 9.82. The number of nitrogens with two attached hydrogens (primary N) is 1. The third kappa shape index (κ3) is 7.05. The minimum absolute atomic E-state index is 0.00439. The van der Waals surface area contributed by atoms with Gasteiger partial charge in [0, 0.05) is 19.8 Å². The number of ether oxygens (including phenoxy) is 3. The Balaban J connectivity index is 2.26. The molecule has 0 bridgehead atoms. The number of carbonyl (C=O) groups excluding carboxylic acids is 3. The summed E-state index contributed by atoms with van der Waals surface area (Å²) in [4.78, 5) is 46.9. The number of carbonyl (C=O) groups is 4. The molecule has 32 heavy (non-hydrogen) atoms. The van der Waals surface area contributed by atoms with Gasteiger partial charge in [0.05, 0.1) is 12.5 Å². The molecule has 1 aromatic carbocycles. The Morgan fingerprint density at radius 3 is 2.19 bits per heavy atom. The molecule has 2 unspecified atom stereocenters. The minimum atomic E-state index is -1.30. The maximum atomic E-state index is 12.4. The number of aliphatic carboxylic acids is 1. The van der Waals surface area contributed by atoms with E-state index in [1.165, 1.54) is 26.0 Å². The molecular formula is C23H31NO8. The largest absolute Gasteiger partial charge is 0.480 e. The molecule has 3 atom stereocenters. The Morgan fingerprint density at radius 2 is 1.62 bits per heavy atom. The first-order chi connectivity index (χ1) is 15.1. The molecule has 0 amide bonds. The molecule has 1 aliphatic carbocycles. The molecule has 9 nitrogen and oxygen atoms in total. The second kappa shape index (κ2) is 11.6. The zero-order chi connectivity index (χ0) is 23.8. The third-order valence-corrected chi connectivity index (χ3v) is 5.57. The predicted molar refractivity (Wildman–Crippen MR) is 114 cm³/mol. The summed E-state index contributed by atoms with van der Waals surface area (Å²) in [5.74, 6) is -4.07. The van der Waals surface area contributed by atoms with Crippen LogP contribution in [0.2, 0.25) is 0 Å². The second-order valence-electron chi connectivity index (χ2n) is 8.23. The molecule has 0 aromatic heterocycles. The van der Waals surface area contributed by atoms with Crippen LogP contribution in [-0.4, -0.2) is 41.6 Å². The smallest absolute Gasteiger partial charge is 0.321 e. The maximum absolute atomic E-state index is 12.4. The molecule has 1 aromatic rings. The van der Waals surface area contributed by atoms with Gasteiger partial charge in [-0.25, -0.2) is 0 Å². The van der Waals surface area contributed by atoms with Crippen molar-refractivity contribution >= 4 is 23.9 Å². The van der Waals surface area contributed by atoms with Gasteiger partial charge in [-0.1, -0.05) is 32.3 Å². The average Bonchev–Trinajstić information content (AvgIpc) is 2.73. The lowest BCUT2D eigenvalue weighted by Crippen LogP contribution is -2.41. The standard InChI is InChI=1S/C23H31NO8/c1-13(12-30-23(29)16-7-5-4-6-8-16)20(21(24)22(27)28)17-9-10-18(31-14(2)25)19(11-17)32-15(3)26/h9-11,13,16,20-21H,4-8,12,24H2,1-3H3,(H,27,28)/t13?,20?,21-/m0/s1. The number of hydrogen-bond donors (Lipinski definition) is 2. The quantitative estimate of drug-likeness (QED) is 0.430. The van der Waals surface area contributed by atoms with Crippen LogP contribution in [0.4, 0.5) is 0 Å². The highest BCUT2D eigenvalue weighted by atomic mass is 16.6. The van der Waals surface area contributed by atoms with E-state index in [4.69, 9.17) is 19.9 Å². The van der Waals surface area contributed by atoms with E-state index in [1.54, 1.807) is 13.0 Å².